The second kappa shape index (κ2) is 11.9. The Kier molecular flexibility index (Phi) is 6.69. The second-order valence-electron chi connectivity index (χ2n) is 14.7. The predicted octanol–water partition coefficient (Wildman–Crippen LogP) is 14.7. The zero-order valence-electron chi connectivity index (χ0n) is 29.9. The standard InChI is InChI=1S/C53H33NS/c1-2-15-35(16-3-1)54-46-27-13-12-25-45(46)49-36(26-14-28-47(49)54)33-29-31-34(32-30-33)48-50-41-21-8-4-17-37(41)39-19-6-10-23-43(39)52(50)55-53-44-24-11-7-20-40(44)38-18-5-9-22-42(38)51(48)53/h1-32,48H. The maximum Gasteiger partial charge on any atom is 0.0547 e. The Morgan fingerprint density at radius 2 is 0.800 bits per heavy atom. The predicted molar refractivity (Wildman–Crippen MR) is 234 cm³/mol. The molecule has 55 heavy (non-hydrogen) atoms. The second-order valence-corrected chi connectivity index (χ2v) is 15.7. The van der Waals surface area contributed by atoms with Crippen molar-refractivity contribution >= 4 is 76.7 Å². The van der Waals surface area contributed by atoms with E-state index in [4.69, 9.17) is 0 Å². The molecule has 0 atom stereocenters. The molecule has 1 nitrogen and oxygen atoms in total. The van der Waals surface area contributed by atoms with Crippen molar-refractivity contribution in [1.82, 2.24) is 4.57 Å². The van der Waals surface area contributed by atoms with Crippen LogP contribution in [0.15, 0.2) is 204 Å². The van der Waals surface area contributed by atoms with E-state index in [-0.39, 0.29) is 5.92 Å². The summed E-state index contributed by atoms with van der Waals surface area (Å²) in [6.45, 7) is 0. The number of benzene rings is 10. The van der Waals surface area contributed by atoms with Crippen LogP contribution in [-0.2, 0) is 0 Å². The van der Waals surface area contributed by atoms with Gasteiger partial charge in [-0.15, -0.1) is 0 Å². The van der Waals surface area contributed by atoms with Gasteiger partial charge in [0.1, 0.15) is 0 Å². The van der Waals surface area contributed by atoms with Crippen molar-refractivity contribution in [3.63, 3.8) is 0 Å². The first kappa shape index (κ1) is 30.8. The van der Waals surface area contributed by atoms with Crippen LogP contribution < -0.4 is 0 Å². The summed E-state index contributed by atoms with van der Waals surface area (Å²) < 4.78 is 2.40. The van der Waals surface area contributed by atoms with Crippen molar-refractivity contribution in [2.24, 2.45) is 0 Å². The van der Waals surface area contributed by atoms with Crippen molar-refractivity contribution in [3.05, 3.63) is 211 Å². The molecule has 0 aliphatic carbocycles. The third kappa shape index (κ3) is 4.43. The van der Waals surface area contributed by atoms with Crippen LogP contribution in [-0.4, -0.2) is 4.57 Å². The summed E-state index contributed by atoms with van der Waals surface area (Å²) in [5.41, 5.74) is 10.2. The molecule has 0 amide bonds. The monoisotopic (exact) mass is 715 g/mol. The number of hydrogen-bond acceptors (Lipinski definition) is 1. The number of aromatic nitrogens is 1. The van der Waals surface area contributed by atoms with Crippen molar-refractivity contribution < 1.29 is 0 Å². The molecule has 2 heterocycles. The molecule has 1 aromatic heterocycles. The highest BCUT2D eigenvalue weighted by Gasteiger charge is 2.34. The molecule has 1 aliphatic heterocycles. The van der Waals surface area contributed by atoms with E-state index in [2.05, 4.69) is 199 Å². The molecule has 10 aromatic carbocycles. The van der Waals surface area contributed by atoms with Gasteiger partial charge in [-0.25, -0.2) is 0 Å². The Hall–Kier alpha value is -6.61. The summed E-state index contributed by atoms with van der Waals surface area (Å²) in [5.74, 6) is 0.0418. The van der Waals surface area contributed by atoms with Crippen LogP contribution in [0.3, 0.4) is 0 Å². The van der Waals surface area contributed by atoms with Gasteiger partial charge in [-0.1, -0.05) is 182 Å². The zero-order valence-corrected chi connectivity index (χ0v) is 30.7. The first-order chi connectivity index (χ1) is 27.3. The lowest BCUT2D eigenvalue weighted by molar-refractivity contribution is 0.938. The van der Waals surface area contributed by atoms with Crippen molar-refractivity contribution in [3.8, 4) is 16.8 Å². The highest BCUT2D eigenvalue weighted by Crippen LogP contribution is 2.57. The van der Waals surface area contributed by atoms with Gasteiger partial charge in [-0.05, 0) is 95.2 Å². The fraction of sp³-hybridized carbons (Fsp3) is 0.0189. The van der Waals surface area contributed by atoms with E-state index in [0.717, 1.165) is 0 Å². The van der Waals surface area contributed by atoms with Crippen LogP contribution in [0.5, 0.6) is 0 Å². The van der Waals surface area contributed by atoms with Crippen molar-refractivity contribution in [1.29, 1.82) is 0 Å². The van der Waals surface area contributed by atoms with Gasteiger partial charge < -0.3 is 4.57 Å². The molecule has 2 heteroatoms. The molecule has 0 N–H and O–H groups in total. The van der Waals surface area contributed by atoms with E-state index in [9.17, 15) is 0 Å². The largest absolute Gasteiger partial charge is 0.309 e. The van der Waals surface area contributed by atoms with E-state index >= 15 is 0 Å². The van der Waals surface area contributed by atoms with Gasteiger partial charge >= 0.3 is 0 Å². The number of fused-ring (bicyclic) bond motifs is 15. The molecule has 0 saturated heterocycles. The molecule has 0 fully saturated rings. The molecule has 0 unspecified atom stereocenters. The van der Waals surface area contributed by atoms with E-state index in [1.165, 1.54) is 108 Å². The van der Waals surface area contributed by atoms with E-state index < -0.39 is 0 Å². The lowest BCUT2D eigenvalue weighted by Gasteiger charge is -2.33. The summed E-state index contributed by atoms with van der Waals surface area (Å²) >= 11 is 1.97. The van der Waals surface area contributed by atoms with Crippen LogP contribution >= 0.6 is 11.8 Å². The Bertz CT molecular complexity index is 3210. The molecule has 11 aromatic rings. The molecule has 0 radical (unpaired) electrons. The average Bonchev–Trinajstić information content (AvgIpc) is 3.61. The van der Waals surface area contributed by atoms with E-state index in [1.54, 1.807) is 0 Å². The van der Waals surface area contributed by atoms with Gasteiger partial charge in [0, 0.05) is 32.2 Å². The Morgan fingerprint density at radius 3 is 1.38 bits per heavy atom. The first-order valence-corrected chi connectivity index (χ1v) is 19.9. The normalized spacial score (nSPS) is 12.9. The van der Waals surface area contributed by atoms with Crippen LogP contribution in [0.1, 0.15) is 22.6 Å². The van der Waals surface area contributed by atoms with Crippen LogP contribution in [0.4, 0.5) is 0 Å². The Balaban J connectivity index is 1.14. The van der Waals surface area contributed by atoms with Gasteiger partial charge in [0.25, 0.3) is 0 Å². The smallest absolute Gasteiger partial charge is 0.0547 e. The van der Waals surface area contributed by atoms with Gasteiger partial charge in [-0.2, -0.15) is 0 Å². The summed E-state index contributed by atoms with van der Waals surface area (Å²) in [6, 6.07) is 72.0. The van der Waals surface area contributed by atoms with Crippen LogP contribution in [0.25, 0.3) is 81.7 Å². The fourth-order valence-corrected chi connectivity index (χ4v) is 11.1. The molecule has 0 spiro atoms. The van der Waals surface area contributed by atoms with Crippen molar-refractivity contribution in [2.75, 3.05) is 0 Å². The summed E-state index contributed by atoms with van der Waals surface area (Å²) in [5, 5.41) is 13.1. The quantitative estimate of drug-likeness (QED) is 0.165. The first-order valence-electron chi connectivity index (χ1n) is 19.1. The summed E-state index contributed by atoms with van der Waals surface area (Å²) in [4.78, 5) is 2.74. The third-order valence-electron chi connectivity index (χ3n) is 11.9. The Morgan fingerprint density at radius 1 is 0.345 bits per heavy atom. The lowest BCUT2D eigenvalue weighted by atomic mass is 9.78. The van der Waals surface area contributed by atoms with Crippen LogP contribution in [0.2, 0.25) is 0 Å². The topological polar surface area (TPSA) is 4.93 Å². The number of para-hydroxylation sites is 2. The minimum Gasteiger partial charge on any atom is -0.309 e. The highest BCUT2D eigenvalue weighted by molar-refractivity contribution is 8.00. The van der Waals surface area contributed by atoms with Gasteiger partial charge in [0.05, 0.1) is 11.0 Å². The molecule has 12 rings (SSSR count). The molecule has 0 bridgehead atoms. The van der Waals surface area contributed by atoms with Gasteiger partial charge in [0.15, 0.2) is 0 Å². The lowest BCUT2D eigenvalue weighted by Crippen LogP contribution is -2.12. The van der Waals surface area contributed by atoms with Crippen molar-refractivity contribution in [2.45, 2.75) is 15.7 Å². The van der Waals surface area contributed by atoms with Gasteiger partial charge in [-0.3, -0.25) is 0 Å². The van der Waals surface area contributed by atoms with E-state index in [0.29, 0.717) is 0 Å². The SMILES string of the molecule is c1ccc(-n2c3ccccc3c3c(-c4ccc(C5c6c(c7ccccc7c7ccccc67)Sc6c5c5ccccc5c5ccccc65)cc4)cccc32)cc1. The average molecular weight is 716 g/mol. The number of hydrogen-bond donors (Lipinski definition) is 0. The maximum atomic E-state index is 2.41. The van der Waals surface area contributed by atoms with Crippen LogP contribution in [0, 0.1) is 0 Å². The Labute approximate surface area is 323 Å². The minimum absolute atomic E-state index is 0.0418. The van der Waals surface area contributed by atoms with Gasteiger partial charge in [0.2, 0.25) is 0 Å². The van der Waals surface area contributed by atoms with E-state index in [1.807, 2.05) is 11.8 Å². The number of rotatable bonds is 3. The molecular formula is C53H33NS. The summed E-state index contributed by atoms with van der Waals surface area (Å²) in [6.07, 6.45) is 0. The zero-order chi connectivity index (χ0) is 36.0. The third-order valence-corrected chi connectivity index (χ3v) is 13.2. The molecular weight excluding hydrogens is 683 g/mol. The summed E-state index contributed by atoms with van der Waals surface area (Å²) in [7, 11) is 0. The number of nitrogens with zero attached hydrogens (tertiary/aromatic N) is 1. The molecule has 256 valence electrons. The highest BCUT2D eigenvalue weighted by atomic mass is 32.2. The molecule has 1 aliphatic rings. The fourth-order valence-electron chi connectivity index (χ4n) is 9.62. The maximum absolute atomic E-state index is 2.41. The minimum atomic E-state index is 0.0418. The molecule has 0 saturated carbocycles.